The molecule has 1 nitrogen and oxygen atoms in total. The first-order valence-corrected chi connectivity index (χ1v) is 22.3. The highest BCUT2D eigenvalue weighted by atomic mass is 15.1. The Morgan fingerprint density at radius 3 is 1.74 bits per heavy atom. The van der Waals surface area contributed by atoms with E-state index >= 15 is 0 Å². The molecule has 0 saturated heterocycles. The molecule has 1 atom stereocenters. The van der Waals surface area contributed by atoms with Crippen molar-refractivity contribution in [2.24, 2.45) is 0 Å². The van der Waals surface area contributed by atoms with Crippen LogP contribution in [0.5, 0.6) is 0 Å². The summed E-state index contributed by atoms with van der Waals surface area (Å²) in [6.07, 6.45) is 27.0. The Kier molecular flexibility index (Phi) is 14.6. The number of anilines is 3. The first-order chi connectivity index (χ1) is 30.5. The molecular weight excluding hydrogens is 747 g/mol. The van der Waals surface area contributed by atoms with Gasteiger partial charge in [-0.2, -0.15) is 0 Å². The molecule has 6 aromatic carbocycles. The van der Waals surface area contributed by atoms with E-state index in [0.717, 1.165) is 36.3 Å². The zero-order valence-electron chi connectivity index (χ0n) is 37.1. The molecular formula is C61H59N. The topological polar surface area (TPSA) is 3.24 Å². The van der Waals surface area contributed by atoms with Gasteiger partial charge in [0.05, 0.1) is 0 Å². The highest BCUT2D eigenvalue weighted by Gasteiger charge is 2.18. The van der Waals surface area contributed by atoms with Crippen LogP contribution in [0.4, 0.5) is 17.1 Å². The highest BCUT2D eigenvalue weighted by molar-refractivity contribution is 5.82. The molecule has 0 amide bonds. The van der Waals surface area contributed by atoms with E-state index in [-0.39, 0.29) is 5.92 Å². The van der Waals surface area contributed by atoms with Crippen molar-refractivity contribution in [1.29, 1.82) is 0 Å². The lowest BCUT2D eigenvalue weighted by molar-refractivity contribution is 0.966. The lowest BCUT2D eigenvalue weighted by atomic mass is 9.95. The fourth-order valence-electron chi connectivity index (χ4n) is 8.52. The molecule has 8 rings (SSSR count). The molecule has 0 fully saturated rings. The van der Waals surface area contributed by atoms with Gasteiger partial charge in [-0.15, -0.1) is 0 Å². The first kappa shape index (κ1) is 43.1. The number of hydrogen-bond donors (Lipinski definition) is 0. The van der Waals surface area contributed by atoms with Gasteiger partial charge in [-0.3, -0.25) is 0 Å². The zero-order chi connectivity index (χ0) is 43.3. The first-order valence-electron chi connectivity index (χ1n) is 22.3. The average molecular weight is 806 g/mol. The van der Waals surface area contributed by atoms with Crippen LogP contribution >= 0.6 is 0 Å². The van der Waals surface area contributed by atoms with Gasteiger partial charge in [0.25, 0.3) is 0 Å². The summed E-state index contributed by atoms with van der Waals surface area (Å²) in [4.78, 5) is 2.37. The minimum atomic E-state index is 0.268. The summed E-state index contributed by atoms with van der Waals surface area (Å²) in [5, 5.41) is 0. The van der Waals surface area contributed by atoms with Crippen molar-refractivity contribution in [2.75, 3.05) is 4.90 Å². The summed E-state index contributed by atoms with van der Waals surface area (Å²) in [7, 11) is 0. The van der Waals surface area contributed by atoms with E-state index in [4.69, 9.17) is 0 Å². The second-order valence-corrected chi connectivity index (χ2v) is 15.6. The van der Waals surface area contributed by atoms with Crippen molar-refractivity contribution in [2.45, 2.75) is 59.8 Å². The maximum Gasteiger partial charge on any atom is 0.0462 e. The van der Waals surface area contributed by atoms with Crippen LogP contribution < -0.4 is 4.90 Å². The van der Waals surface area contributed by atoms with Gasteiger partial charge in [-0.25, -0.2) is 0 Å². The van der Waals surface area contributed by atoms with Crippen LogP contribution in [0.2, 0.25) is 0 Å². The van der Waals surface area contributed by atoms with Crippen LogP contribution in [-0.2, 0) is 6.42 Å². The van der Waals surface area contributed by atoms with Gasteiger partial charge in [-0.05, 0) is 148 Å². The second kappa shape index (κ2) is 21.0. The van der Waals surface area contributed by atoms with Crippen molar-refractivity contribution in [3.63, 3.8) is 0 Å². The summed E-state index contributed by atoms with van der Waals surface area (Å²) < 4.78 is 0. The molecule has 0 aliphatic heterocycles. The minimum Gasteiger partial charge on any atom is -0.311 e. The standard InChI is InChI=1S/C59H53N.C2H6/c1-5-8-10-17-44-41-53-21-14-22-58(59(53)42-44)52-33-39-56(40-34-52)60(55-37-31-49(32-38-55)48-25-23-47(24-26-48)46-18-11-9-12-19-46)54-35-29-45(30-36-54)43(4)16-13-20-51-28-27-50(15-6-2)57(51)7-3;1-2/h5-26,29-41,43H,3,27-28,42H2,1-2,4H3;1-2H3/b8-5-,15-6-,16-13-,17-10-,51-20+;. The second-order valence-electron chi connectivity index (χ2n) is 15.6. The maximum atomic E-state index is 4.09. The Morgan fingerprint density at radius 2 is 1.15 bits per heavy atom. The number of allylic oxidation sites excluding steroid dienone is 14. The van der Waals surface area contributed by atoms with Crippen LogP contribution in [0, 0.1) is 0 Å². The summed E-state index contributed by atoms with van der Waals surface area (Å²) in [6.45, 7) is 14.5. The van der Waals surface area contributed by atoms with Gasteiger partial charge in [-0.1, -0.05) is 203 Å². The molecule has 0 aromatic heterocycles. The number of nitrogens with zero attached hydrogens (tertiary/aromatic N) is 1. The van der Waals surface area contributed by atoms with Crippen LogP contribution in [0.1, 0.15) is 70.1 Å². The molecule has 0 radical (unpaired) electrons. The van der Waals surface area contributed by atoms with Gasteiger partial charge in [0, 0.05) is 17.1 Å². The molecule has 308 valence electrons. The Hall–Kier alpha value is -6.96. The smallest absolute Gasteiger partial charge is 0.0462 e. The van der Waals surface area contributed by atoms with E-state index in [2.05, 4.69) is 239 Å². The third-order valence-corrected chi connectivity index (χ3v) is 11.7. The third-order valence-electron chi connectivity index (χ3n) is 11.7. The van der Waals surface area contributed by atoms with Gasteiger partial charge in [0.2, 0.25) is 0 Å². The minimum absolute atomic E-state index is 0.268. The van der Waals surface area contributed by atoms with Crippen LogP contribution in [0.25, 0.3) is 39.5 Å². The van der Waals surface area contributed by atoms with Crippen LogP contribution in [0.15, 0.2) is 235 Å². The number of rotatable bonds is 13. The van der Waals surface area contributed by atoms with Gasteiger partial charge < -0.3 is 4.90 Å². The maximum absolute atomic E-state index is 4.09. The molecule has 1 heteroatoms. The van der Waals surface area contributed by atoms with Gasteiger partial charge >= 0.3 is 0 Å². The SMILES string of the molecule is C=CC1=C(/C=C\C)CC/C1=C\C=C/C(C)c1ccc(N(c2ccc(-c3ccc(-c4ccccc4)cc3)cc2)c2ccc(-c3cccc4c3CC(/C=C\C=C/C)=C4)cc2)cc1.CC. The Labute approximate surface area is 371 Å². The highest BCUT2D eigenvalue weighted by Crippen LogP contribution is 2.40. The van der Waals surface area contributed by atoms with Crippen molar-refractivity contribution in [1.82, 2.24) is 0 Å². The molecule has 0 N–H and O–H groups in total. The molecule has 0 bridgehead atoms. The average Bonchev–Trinajstić information content (AvgIpc) is 3.94. The summed E-state index contributed by atoms with van der Waals surface area (Å²) >= 11 is 0. The fourth-order valence-corrected chi connectivity index (χ4v) is 8.52. The van der Waals surface area contributed by atoms with E-state index in [1.807, 2.05) is 19.9 Å². The van der Waals surface area contributed by atoms with Crippen molar-refractivity contribution in [3.8, 4) is 33.4 Å². The monoisotopic (exact) mass is 805 g/mol. The largest absolute Gasteiger partial charge is 0.311 e. The van der Waals surface area contributed by atoms with Crippen molar-refractivity contribution < 1.29 is 0 Å². The van der Waals surface area contributed by atoms with Crippen LogP contribution in [0.3, 0.4) is 0 Å². The third kappa shape index (κ3) is 9.97. The lowest BCUT2D eigenvalue weighted by Gasteiger charge is -2.26. The molecule has 0 spiro atoms. The zero-order valence-corrected chi connectivity index (χ0v) is 37.1. The molecule has 2 aliphatic rings. The predicted octanol–water partition coefficient (Wildman–Crippen LogP) is 17.7. The van der Waals surface area contributed by atoms with Crippen molar-refractivity contribution in [3.05, 3.63) is 252 Å². The van der Waals surface area contributed by atoms with Crippen LogP contribution in [-0.4, -0.2) is 0 Å². The molecule has 0 heterocycles. The Bertz CT molecular complexity index is 2660. The van der Waals surface area contributed by atoms with Gasteiger partial charge in [0.15, 0.2) is 0 Å². The molecule has 6 aromatic rings. The Balaban J connectivity index is 0.00000285. The van der Waals surface area contributed by atoms with Gasteiger partial charge in [0.1, 0.15) is 0 Å². The molecule has 0 saturated carbocycles. The Morgan fingerprint density at radius 1 is 0.565 bits per heavy atom. The summed E-state index contributed by atoms with van der Waals surface area (Å²) in [5.74, 6) is 0.268. The summed E-state index contributed by atoms with van der Waals surface area (Å²) in [6, 6.07) is 53.3. The van der Waals surface area contributed by atoms with E-state index in [1.165, 1.54) is 72.4 Å². The summed E-state index contributed by atoms with van der Waals surface area (Å²) in [5.41, 5.74) is 20.1. The lowest BCUT2D eigenvalue weighted by Crippen LogP contribution is -2.10. The molecule has 2 aliphatic carbocycles. The number of hydrogen-bond acceptors (Lipinski definition) is 1. The van der Waals surface area contributed by atoms with E-state index in [1.54, 1.807) is 0 Å². The number of benzene rings is 6. The van der Waals surface area contributed by atoms with E-state index < -0.39 is 0 Å². The number of fused-ring (bicyclic) bond motifs is 1. The quantitative estimate of drug-likeness (QED) is 0.105. The molecule has 1 unspecified atom stereocenters. The normalized spacial score (nSPS) is 14.8. The predicted molar refractivity (Wildman–Crippen MR) is 271 cm³/mol. The van der Waals surface area contributed by atoms with E-state index in [9.17, 15) is 0 Å². The molecule has 62 heavy (non-hydrogen) atoms. The van der Waals surface area contributed by atoms with Crippen molar-refractivity contribution >= 4 is 23.1 Å². The van der Waals surface area contributed by atoms with E-state index in [0.29, 0.717) is 0 Å². The fraction of sp³-hybridized carbons (Fsp3) is 0.148.